The van der Waals surface area contributed by atoms with Crippen molar-refractivity contribution in [1.82, 2.24) is 0 Å². The van der Waals surface area contributed by atoms with Gasteiger partial charge < -0.3 is 28.4 Å². The molecule has 0 radical (unpaired) electrons. The van der Waals surface area contributed by atoms with Crippen molar-refractivity contribution in [3.05, 3.63) is 214 Å². The number of hydrogen-bond donors (Lipinski definition) is 0. The molecular weight excluding hydrogens is 829 g/mol. The normalized spacial score (nSPS) is 11.2. The molecule has 0 heterocycles. The number of ether oxygens (including phenoxy) is 6. The van der Waals surface area contributed by atoms with Crippen LogP contribution in [0.15, 0.2) is 164 Å². The fraction of sp³-hybridized carbons (Fsp3) is 0.105. The summed E-state index contributed by atoms with van der Waals surface area (Å²) in [6.07, 6.45) is 11.6. The van der Waals surface area contributed by atoms with Crippen LogP contribution >= 0.6 is 0 Å². The summed E-state index contributed by atoms with van der Waals surface area (Å²) in [5.41, 5.74) is 4.22. The summed E-state index contributed by atoms with van der Waals surface area (Å²) >= 11 is 0. The standard InChI is InChI=1S/C57H48O9/c1-7-10-37-13-28-49(34-52(37)61-4)64-46-22-16-40(17-23-46)55(58)43-31-44(56(59)41-18-24-47(25-19-41)65-50-29-14-38(11-8-2)53(35-50)62-5)33-45(32-43)57(60)42-20-26-48(27-21-42)66-51-30-15-39(12-9-3)54(36-51)63-6/h7-36H,1-6H3/b10-7+,11-8+,12-9+. The first kappa shape index (κ1) is 45.6. The quantitative estimate of drug-likeness (QED) is 0.0779. The lowest BCUT2D eigenvalue weighted by Gasteiger charge is -2.12. The lowest BCUT2D eigenvalue weighted by Crippen LogP contribution is -2.10. The third-order valence-corrected chi connectivity index (χ3v) is 10.4. The van der Waals surface area contributed by atoms with Gasteiger partial charge in [0.1, 0.15) is 51.7 Å². The number of allylic oxidation sites excluding steroid dienone is 3. The van der Waals surface area contributed by atoms with E-state index in [-0.39, 0.29) is 34.0 Å². The molecule has 7 aromatic carbocycles. The van der Waals surface area contributed by atoms with Crippen molar-refractivity contribution in [2.45, 2.75) is 20.8 Å². The number of carbonyl (C=O) groups excluding carboxylic acids is 3. The highest BCUT2D eigenvalue weighted by atomic mass is 16.5. The molecule has 330 valence electrons. The minimum atomic E-state index is -0.387. The fourth-order valence-electron chi connectivity index (χ4n) is 7.17. The van der Waals surface area contributed by atoms with E-state index < -0.39 is 0 Å². The smallest absolute Gasteiger partial charge is 0.193 e. The molecule has 0 aliphatic rings. The highest BCUT2D eigenvalue weighted by Crippen LogP contribution is 2.33. The van der Waals surface area contributed by atoms with Gasteiger partial charge in [-0.2, -0.15) is 0 Å². The Morgan fingerprint density at radius 2 is 0.561 bits per heavy atom. The largest absolute Gasteiger partial charge is 0.496 e. The second-order valence-corrected chi connectivity index (χ2v) is 14.9. The first-order chi connectivity index (χ1) is 32.1. The van der Waals surface area contributed by atoms with E-state index >= 15 is 0 Å². The number of methoxy groups -OCH3 is 3. The second-order valence-electron chi connectivity index (χ2n) is 14.9. The molecule has 9 heteroatoms. The van der Waals surface area contributed by atoms with Crippen LogP contribution in [0, 0.1) is 0 Å². The van der Waals surface area contributed by atoms with Gasteiger partial charge in [0.2, 0.25) is 0 Å². The summed E-state index contributed by atoms with van der Waals surface area (Å²) in [6, 6.07) is 41.1. The lowest BCUT2D eigenvalue weighted by atomic mass is 9.92. The molecule has 0 atom stereocenters. The van der Waals surface area contributed by atoms with Crippen molar-refractivity contribution in [1.29, 1.82) is 0 Å². The molecule has 0 bridgehead atoms. The Bertz CT molecular complexity index is 2630. The van der Waals surface area contributed by atoms with E-state index in [9.17, 15) is 14.4 Å². The van der Waals surface area contributed by atoms with Crippen molar-refractivity contribution >= 4 is 35.6 Å². The van der Waals surface area contributed by atoms with Crippen molar-refractivity contribution in [2.24, 2.45) is 0 Å². The van der Waals surface area contributed by atoms with E-state index in [1.54, 1.807) is 112 Å². The van der Waals surface area contributed by atoms with Gasteiger partial charge in [0.15, 0.2) is 17.3 Å². The third kappa shape index (κ3) is 10.8. The predicted octanol–water partition coefficient (Wildman–Crippen LogP) is 13.9. The van der Waals surface area contributed by atoms with Gasteiger partial charge in [-0.05, 0) is 148 Å². The second kappa shape index (κ2) is 21.3. The molecule has 0 aliphatic heterocycles. The maximum Gasteiger partial charge on any atom is 0.193 e. The number of rotatable bonds is 18. The SMILES string of the molecule is C/C=C/c1ccc(Oc2ccc(C(=O)c3cc(C(=O)c4ccc(Oc5ccc(/C=C/C)c(OC)c5)cc4)cc(C(=O)c4ccc(Oc5ccc(/C=C/C)c(OC)c5)cc4)c3)cc2)cc1OC. The van der Waals surface area contributed by atoms with E-state index in [2.05, 4.69) is 0 Å². The molecule has 0 fully saturated rings. The van der Waals surface area contributed by atoms with Crippen LogP contribution in [0.4, 0.5) is 0 Å². The summed E-state index contributed by atoms with van der Waals surface area (Å²) in [7, 11) is 4.79. The van der Waals surface area contributed by atoms with Gasteiger partial charge in [-0.15, -0.1) is 0 Å². The van der Waals surface area contributed by atoms with Gasteiger partial charge in [-0.25, -0.2) is 0 Å². The third-order valence-electron chi connectivity index (χ3n) is 10.4. The minimum absolute atomic E-state index is 0.160. The zero-order valence-electron chi connectivity index (χ0n) is 37.5. The fourth-order valence-corrected chi connectivity index (χ4v) is 7.17. The Morgan fingerprint density at radius 1 is 0.318 bits per heavy atom. The molecule has 0 saturated heterocycles. The maximum absolute atomic E-state index is 14.2. The van der Waals surface area contributed by atoms with Crippen LogP contribution in [-0.2, 0) is 0 Å². The zero-order valence-corrected chi connectivity index (χ0v) is 37.5. The molecule has 0 saturated carbocycles. The number of hydrogen-bond acceptors (Lipinski definition) is 9. The molecule has 0 aromatic heterocycles. The highest BCUT2D eigenvalue weighted by Gasteiger charge is 2.20. The molecule has 7 aromatic rings. The van der Waals surface area contributed by atoms with Crippen LogP contribution in [-0.4, -0.2) is 38.7 Å². The Kier molecular flexibility index (Phi) is 14.7. The molecule has 0 N–H and O–H groups in total. The van der Waals surface area contributed by atoms with Gasteiger partial charge in [-0.1, -0.05) is 36.5 Å². The minimum Gasteiger partial charge on any atom is -0.496 e. The molecule has 0 amide bonds. The molecule has 0 unspecified atom stereocenters. The van der Waals surface area contributed by atoms with Crippen molar-refractivity contribution in [2.75, 3.05) is 21.3 Å². The molecule has 0 spiro atoms. The van der Waals surface area contributed by atoms with Crippen LogP contribution in [0.3, 0.4) is 0 Å². The topological polar surface area (TPSA) is 107 Å². The molecule has 0 aliphatic carbocycles. The summed E-state index contributed by atoms with van der Waals surface area (Å²) in [4.78, 5) is 42.7. The predicted molar refractivity (Wildman–Crippen MR) is 259 cm³/mol. The Morgan fingerprint density at radius 3 is 0.788 bits per heavy atom. The van der Waals surface area contributed by atoms with Crippen LogP contribution in [0.25, 0.3) is 18.2 Å². The molecule has 66 heavy (non-hydrogen) atoms. The zero-order chi connectivity index (χ0) is 46.6. The number of ketones is 3. The van der Waals surface area contributed by atoms with E-state index in [0.717, 1.165) is 16.7 Å². The average molecular weight is 877 g/mol. The summed E-state index contributed by atoms with van der Waals surface area (Å²) in [6.45, 7) is 5.79. The van der Waals surface area contributed by atoms with Crippen LogP contribution < -0.4 is 28.4 Å². The van der Waals surface area contributed by atoms with Gasteiger partial charge in [0.05, 0.1) is 21.3 Å². The van der Waals surface area contributed by atoms with Crippen molar-refractivity contribution < 1.29 is 42.8 Å². The van der Waals surface area contributed by atoms with Gasteiger partial charge in [-0.3, -0.25) is 14.4 Å². The van der Waals surface area contributed by atoms with E-state index in [1.165, 1.54) is 18.2 Å². The van der Waals surface area contributed by atoms with Gasteiger partial charge in [0, 0.05) is 68.3 Å². The van der Waals surface area contributed by atoms with E-state index in [1.807, 2.05) is 93.6 Å². The molecule has 7 rings (SSSR count). The molecule has 9 nitrogen and oxygen atoms in total. The Balaban J connectivity index is 1.16. The highest BCUT2D eigenvalue weighted by molar-refractivity contribution is 6.17. The first-order valence-corrected chi connectivity index (χ1v) is 21.2. The first-order valence-electron chi connectivity index (χ1n) is 21.2. The van der Waals surface area contributed by atoms with Crippen LogP contribution in [0.5, 0.6) is 51.7 Å². The number of benzene rings is 7. The summed E-state index contributed by atoms with van der Waals surface area (Å²) in [5.74, 6) is 4.00. The van der Waals surface area contributed by atoms with Crippen molar-refractivity contribution in [3.8, 4) is 51.7 Å². The van der Waals surface area contributed by atoms with Crippen LogP contribution in [0.2, 0.25) is 0 Å². The monoisotopic (exact) mass is 876 g/mol. The summed E-state index contributed by atoms with van der Waals surface area (Å²) < 4.78 is 34.8. The molecular formula is C57H48O9. The van der Waals surface area contributed by atoms with Crippen molar-refractivity contribution in [3.63, 3.8) is 0 Å². The summed E-state index contributed by atoms with van der Waals surface area (Å²) in [5, 5.41) is 0. The van der Waals surface area contributed by atoms with Gasteiger partial charge >= 0.3 is 0 Å². The lowest BCUT2D eigenvalue weighted by molar-refractivity contribution is 0.103. The van der Waals surface area contributed by atoms with Crippen LogP contribution in [0.1, 0.15) is 85.2 Å². The maximum atomic E-state index is 14.2. The Hall–Kier alpha value is -8.43. The van der Waals surface area contributed by atoms with E-state index in [4.69, 9.17) is 28.4 Å². The Labute approximate surface area is 384 Å². The number of carbonyl (C=O) groups is 3. The van der Waals surface area contributed by atoms with Gasteiger partial charge in [0.25, 0.3) is 0 Å². The average Bonchev–Trinajstić information content (AvgIpc) is 3.35. The van der Waals surface area contributed by atoms with E-state index in [0.29, 0.717) is 68.4 Å².